The van der Waals surface area contributed by atoms with Gasteiger partial charge >= 0.3 is 11.9 Å². The Morgan fingerprint density at radius 3 is 1.75 bits per heavy atom. The van der Waals surface area contributed by atoms with Gasteiger partial charge in [0.15, 0.2) is 0 Å². The average molecular weight is 236 g/mol. The van der Waals surface area contributed by atoms with Gasteiger partial charge in [-0.3, -0.25) is 0 Å². The molecule has 0 spiro atoms. The third-order valence-electron chi connectivity index (χ3n) is 1.16. The van der Waals surface area contributed by atoms with Crippen LogP contribution in [0.25, 0.3) is 0 Å². The van der Waals surface area contributed by atoms with E-state index in [1.54, 1.807) is 13.8 Å². The van der Waals surface area contributed by atoms with E-state index in [-0.39, 0.29) is 12.6 Å². The molecule has 96 valence electrons. The molecule has 0 atom stereocenters. The van der Waals surface area contributed by atoms with Crippen molar-refractivity contribution in [2.75, 3.05) is 33.0 Å². The molecule has 1 N–H and O–H groups in total. The molecule has 6 nitrogen and oxygen atoms in total. The number of hydrogen-bond donors (Lipinski definition) is 1. The number of hydrogen-bond acceptors (Lipinski definition) is 6. The van der Waals surface area contributed by atoms with E-state index < -0.39 is 12.6 Å². The number of esters is 2. The highest BCUT2D eigenvalue weighted by atomic mass is 16.6. The molecule has 16 heavy (non-hydrogen) atoms. The van der Waals surface area contributed by atoms with Crippen molar-refractivity contribution in [3.63, 3.8) is 0 Å². The molecule has 0 amide bonds. The molecule has 0 radical (unpaired) electrons. The first kappa shape index (κ1) is 17.3. The summed E-state index contributed by atoms with van der Waals surface area (Å²) in [4.78, 5) is 20.4. The van der Waals surface area contributed by atoms with Gasteiger partial charge in [0.2, 0.25) is 0 Å². The van der Waals surface area contributed by atoms with Gasteiger partial charge < -0.3 is 19.3 Å². The number of ether oxygens (including phenoxy) is 3. The summed E-state index contributed by atoms with van der Waals surface area (Å²) < 4.78 is 13.7. The lowest BCUT2D eigenvalue weighted by Gasteiger charge is -1.99. The van der Waals surface area contributed by atoms with Crippen molar-refractivity contribution in [3.05, 3.63) is 0 Å². The van der Waals surface area contributed by atoms with E-state index in [9.17, 15) is 9.59 Å². The molecule has 0 aliphatic rings. The lowest BCUT2D eigenvalue weighted by molar-refractivity contribution is -0.148. The minimum absolute atomic E-state index is 0.0737. The third kappa shape index (κ3) is 15.3. The molecule has 0 unspecified atom stereocenters. The summed E-state index contributed by atoms with van der Waals surface area (Å²) in [6, 6.07) is 0. The smallest absolute Gasteiger partial charge is 0.332 e. The predicted molar refractivity (Wildman–Crippen MR) is 56.8 cm³/mol. The van der Waals surface area contributed by atoms with Crippen LogP contribution in [0.4, 0.5) is 0 Å². The van der Waals surface area contributed by atoms with Crippen molar-refractivity contribution in [2.24, 2.45) is 0 Å². The molecular formula is C10H20O6. The van der Waals surface area contributed by atoms with Crippen LogP contribution in [0.3, 0.4) is 0 Å². The summed E-state index contributed by atoms with van der Waals surface area (Å²) in [6.07, 6.45) is 0. The van der Waals surface area contributed by atoms with Crippen molar-refractivity contribution < 1.29 is 28.9 Å². The minimum Gasteiger partial charge on any atom is -0.464 e. The summed E-state index contributed by atoms with van der Waals surface area (Å²) >= 11 is 0. The van der Waals surface area contributed by atoms with Crippen LogP contribution in [-0.4, -0.2) is 50.1 Å². The quantitative estimate of drug-likeness (QED) is 0.660. The van der Waals surface area contributed by atoms with E-state index in [1.165, 1.54) is 0 Å². The summed E-state index contributed by atoms with van der Waals surface area (Å²) in [5.41, 5.74) is 0. The molecule has 6 heteroatoms. The second-order valence-electron chi connectivity index (χ2n) is 2.41. The van der Waals surface area contributed by atoms with Crippen LogP contribution in [0.5, 0.6) is 0 Å². The highest BCUT2D eigenvalue weighted by molar-refractivity contribution is 5.70. The first-order chi connectivity index (χ1) is 7.62. The van der Waals surface area contributed by atoms with E-state index in [1.807, 2.05) is 6.92 Å². The zero-order valence-electron chi connectivity index (χ0n) is 10.0. The van der Waals surface area contributed by atoms with Crippen LogP contribution in [0, 0.1) is 0 Å². The van der Waals surface area contributed by atoms with Crippen LogP contribution in [-0.2, 0) is 23.8 Å². The van der Waals surface area contributed by atoms with Crippen molar-refractivity contribution in [3.8, 4) is 0 Å². The SMILES string of the molecule is CCOC(=O)CO.CCOCC(=O)OCC. The van der Waals surface area contributed by atoms with Gasteiger partial charge in [0.1, 0.15) is 13.2 Å². The molecule has 0 saturated heterocycles. The molecular weight excluding hydrogens is 216 g/mol. The van der Waals surface area contributed by atoms with Gasteiger partial charge in [-0.15, -0.1) is 0 Å². The molecule has 0 aliphatic heterocycles. The number of aliphatic hydroxyl groups is 1. The fourth-order valence-electron chi connectivity index (χ4n) is 0.595. The van der Waals surface area contributed by atoms with Gasteiger partial charge in [0.25, 0.3) is 0 Å². The second-order valence-corrected chi connectivity index (χ2v) is 2.41. The fourth-order valence-corrected chi connectivity index (χ4v) is 0.595. The molecule has 0 aromatic carbocycles. The third-order valence-corrected chi connectivity index (χ3v) is 1.16. The standard InChI is InChI=1S/C6H12O3.C4H8O3/c1-3-8-5-6(7)9-4-2;1-2-7-4(6)3-5/h3-5H2,1-2H3;5H,2-3H2,1H3. The zero-order chi connectivity index (χ0) is 12.8. The summed E-state index contributed by atoms with van der Waals surface area (Å²) in [7, 11) is 0. The maximum atomic E-state index is 10.5. The lowest BCUT2D eigenvalue weighted by atomic mass is 10.7. The van der Waals surface area contributed by atoms with E-state index in [4.69, 9.17) is 9.84 Å². The van der Waals surface area contributed by atoms with Crippen LogP contribution in [0.15, 0.2) is 0 Å². The van der Waals surface area contributed by atoms with Crippen molar-refractivity contribution >= 4 is 11.9 Å². The predicted octanol–water partition coefficient (Wildman–Crippen LogP) is 0.128. The maximum absolute atomic E-state index is 10.5. The van der Waals surface area contributed by atoms with E-state index in [0.717, 1.165) is 0 Å². The number of carbonyl (C=O) groups is 2. The number of rotatable bonds is 6. The highest BCUT2D eigenvalue weighted by Gasteiger charge is 1.97. The Hall–Kier alpha value is -1.14. The first-order valence-electron chi connectivity index (χ1n) is 5.12. The Morgan fingerprint density at radius 2 is 1.44 bits per heavy atom. The van der Waals surface area contributed by atoms with Crippen LogP contribution in [0.1, 0.15) is 20.8 Å². The molecule has 0 aromatic rings. The Kier molecular flexibility index (Phi) is 15.0. The summed E-state index contributed by atoms with van der Waals surface area (Å²) in [5, 5.41) is 7.99. The molecule has 0 saturated carbocycles. The van der Waals surface area contributed by atoms with Gasteiger partial charge in [0.05, 0.1) is 13.2 Å². The molecule has 0 bridgehead atoms. The lowest BCUT2D eigenvalue weighted by Crippen LogP contribution is -2.11. The number of aliphatic hydroxyl groups excluding tert-OH is 1. The molecule has 0 heterocycles. The van der Waals surface area contributed by atoms with Crippen LogP contribution in [0.2, 0.25) is 0 Å². The summed E-state index contributed by atoms with van der Waals surface area (Å²) in [6.45, 7) is 6.15. The van der Waals surface area contributed by atoms with E-state index >= 15 is 0 Å². The van der Waals surface area contributed by atoms with Gasteiger partial charge in [0, 0.05) is 6.61 Å². The van der Waals surface area contributed by atoms with E-state index in [0.29, 0.717) is 19.8 Å². The van der Waals surface area contributed by atoms with Crippen LogP contribution < -0.4 is 0 Å². The highest BCUT2D eigenvalue weighted by Crippen LogP contribution is 1.79. The second kappa shape index (κ2) is 13.9. The normalized spacial score (nSPS) is 8.75. The Morgan fingerprint density at radius 1 is 0.938 bits per heavy atom. The zero-order valence-corrected chi connectivity index (χ0v) is 10.0. The maximum Gasteiger partial charge on any atom is 0.332 e. The van der Waals surface area contributed by atoms with Crippen molar-refractivity contribution in [1.29, 1.82) is 0 Å². The van der Waals surface area contributed by atoms with Crippen LogP contribution >= 0.6 is 0 Å². The Bertz CT molecular complexity index is 180. The topological polar surface area (TPSA) is 82.1 Å². The number of carbonyl (C=O) groups excluding carboxylic acids is 2. The first-order valence-corrected chi connectivity index (χ1v) is 5.12. The van der Waals surface area contributed by atoms with Gasteiger partial charge in [-0.05, 0) is 20.8 Å². The molecule has 0 aromatic heterocycles. The minimum atomic E-state index is -0.567. The average Bonchev–Trinajstić information content (AvgIpc) is 2.28. The molecule has 0 rings (SSSR count). The summed E-state index contributed by atoms with van der Waals surface area (Å²) in [5.74, 6) is -0.859. The molecule has 0 fully saturated rings. The van der Waals surface area contributed by atoms with E-state index in [2.05, 4.69) is 9.47 Å². The Balaban J connectivity index is 0. The monoisotopic (exact) mass is 236 g/mol. The van der Waals surface area contributed by atoms with Gasteiger partial charge in [-0.1, -0.05) is 0 Å². The Labute approximate surface area is 95.5 Å². The molecule has 0 aliphatic carbocycles. The van der Waals surface area contributed by atoms with Crippen molar-refractivity contribution in [1.82, 2.24) is 0 Å². The van der Waals surface area contributed by atoms with Gasteiger partial charge in [-0.25, -0.2) is 9.59 Å². The van der Waals surface area contributed by atoms with Gasteiger partial charge in [-0.2, -0.15) is 0 Å². The fraction of sp³-hybridized carbons (Fsp3) is 0.800. The largest absolute Gasteiger partial charge is 0.464 e. The van der Waals surface area contributed by atoms with Crippen molar-refractivity contribution in [2.45, 2.75) is 20.8 Å².